The SMILES string of the molecule is CCCCc1ccc2c(N)c(C(=O)Nc3c[n+](C)no3)sc2n1. The second kappa shape index (κ2) is 6.33. The maximum Gasteiger partial charge on any atom is 0.302 e. The van der Waals surface area contributed by atoms with E-state index in [1.165, 1.54) is 16.0 Å². The number of pyridine rings is 1. The standard InChI is InChI=1S/C15H17N5O2S/c1-3-4-5-9-6-7-10-12(16)13(23-15(10)17-9)14(21)18-11-8-20(2)19-22-11/h6-8H,3-5H2,1-2H3,(H2-,16,18,19,21)/p+1. The van der Waals surface area contributed by atoms with Gasteiger partial charge in [0.25, 0.3) is 12.1 Å². The highest BCUT2D eigenvalue weighted by molar-refractivity contribution is 7.21. The minimum atomic E-state index is -0.322. The topological polar surface area (TPSA) is 97.9 Å². The maximum absolute atomic E-state index is 12.4. The summed E-state index contributed by atoms with van der Waals surface area (Å²) in [5.41, 5.74) is 7.58. The minimum Gasteiger partial charge on any atom is -0.397 e. The van der Waals surface area contributed by atoms with Crippen LogP contribution in [0.15, 0.2) is 22.9 Å². The van der Waals surface area contributed by atoms with Crippen LogP contribution in [-0.4, -0.2) is 16.2 Å². The minimum absolute atomic E-state index is 0.269. The van der Waals surface area contributed by atoms with Gasteiger partial charge in [-0.1, -0.05) is 18.0 Å². The molecule has 0 fully saturated rings. The number of amides is 1. The van der Waals surface area contributed by atoms with Crippen molar-refractivity contribution in [1.82, 2.24) is 10.3 Å². The van der Waals surface area contributed by atoms with E-state index in [2.05, 4.69) is 22.5 Å². The van der Waals surface area contributed by atoms with Gasteiger partial charge in [0.15, 0.2) is 12.3 Å². The van der Waals surface area contributed by atoms with Gasteiger partial charge in [0.05, 0.1) is 5.69 Å². The second-order valence-electron chi connectivity index (χ2n) is 5.30. The lowest BCUT2D eigenvalue weighted by atomic mass is 10.1. The van der Waals surface area contributed by atoms with Crippen LogP contribution >= 0.6 is 11.3 Å². The van der Waals surface area contributed by atoms with E-state index in [1.54, 1.807) is 13.2 Å². The van der Waals surface area contributed by atoms with Crippen molar-refractivity contribution in [2.45, 2.75) is 26.2 Å². The Labute approximate surface area is 137 Å². The van der Waals surface area contributed by atoms with E-state index < -0.39 is 0 Å². The summed E-state index contributed by atoms with van der Waals surface area (Å²) in [6, 6.07) is 3.91. The van der Waals surface area contributed by atoms with Crippen molar-refractivity contribution in [2.24, 2.45) is 7.05 Å². The fraction of sp³-hybridized carbons (Fsp3) is 0.333. The van der Waals surface area contributed by atoms with Gasteiger partial charge in [-0.15, -0.1) is 11.3 Å². The Morgan fingerprint density at radius 1 is 1.48 bits per heavy atom. The van der Waals surface area contributed by atoms with E-state index in [-0.39, 0.29) is 11.8 Å². The summed E-state index contributed by atoms with van der Waals surface area (Å²) in [5, 5.41) is 7.11. The molecule has 1 amide bonds. The molecule has 0 saturated heterocycles. The molecule has 0 aliphatic carbocycles. The Morgan fingerprint density at radius 2 is 2.30 bits per heavy atom. The first-order valence-corrected chi connectivity index (χ1v) is 8.22. The van der Waals surface area contributed by atoms with Crippen LogP contribution in [0.25, 0.3) is 10.2 Å². The van der Waals surface area contributed by atoms with E-state index in [1.807, 2.05) is 12.1 Å². The maximum atomic E-state index is 12.4. The molecule has 23 heavy (non-hydrogen) atoms. The lowest BCUT2D eigenvalue weighted by Crippen LogP contribution is -2.28. The van der Waals surface area contributed by atoms with E-state index in [9.17, 15) is 4.79 Å². The highest BCUT2D eigenvalue weighted by Crippen LogP contribution is 2.33. The number of thiophene rings is 1. The number of hydrogen-bond donors (Lipinski definition) is 2. The van der Waals surface area contributed by atoms with Crippen LogP contribution in [0.3, 0.4) is 0 Å². The monoisotopic (exact) mass is 332 g/mol. The summed E-state index contributed by atoms with van der Waals surface area (Å²) < 4.78 is 6.43. The third kappa shape index (κ3) is 3.16. The lowest BCUT2D eigenvalue weighted by molar-refractivity contribution is -0.739. The Bertz CT molecular complexity index is 855. The van der Waals surface area contributed by atoms with E-state index in [0.717, 1.165) is 35.2 Å². The number of carbonyl (C=O) groups is 1. The molecule has 3 aromatic rings. The molecule has 0 aromatic carbocycles. The Kier molecular flexibility index (Phi) is 4.24. The zero-order chi connectivity index (χ0) is 16.4. The number of unbranched alkanes of at least 4 members (excludes halogenated alkanes) is 1. The number of aromatic nitrogens is 3. The molecule has 0 atom stereocenters. The van der Waals surface area contributed by atoms with Crippen molar-refractivity contribution in [3.8, 4) is 0 Å². The number of rotatable bonds is 5. The van der Waals surface area contributed by atoms with E-state index in [4.69, 9.17) is 10.3 Å². The molecule has 0 bridgehead atoms. The van der Waals surface area contributed by atoms with Crippen LogP contribution in [0.1, 0.15) is 35.1 Å². The molecule has 0 saturated carbocycles. The number of hydrogen-bond acceptors (Lipinski definition) is 6. The first-order chi connectivity index (χ1) is 11.1. The molecule has 0 spiro atoms. The van der Waals surface area contributed by atoms with Gasteiger partial charge in [-0.2, -0.15) is 0 Å². The van der Waals surface area contributed by atoms with Gasteiger partial charge in [-0.05, 0) is 25.0 Å². The second-order valence-corrected chi connectivity index (χ2v) is 6.30. The van der Waals surface area contributed by atoms with Gasteiger partial charge < -0.3 is 5.73 Å². The largest absolute Gasteiger partial charge is 0.397 e. The molecular weight excluding hydrogens is 314 g/mol. The van der Waals surface area contributed by atoms with Gasteiger partial charge in [-0.3, -0.25) is 14.6 Å². The molecule has 3 rings (SSSR count). The van der Waals surface area contributed by atoms with Crippen LogP contribution in [0.5, 0.6) is 0 Å². The number of aryl methyl sites for hydroxylation is 2. The third-order valence-electron chi connectivity index (χ3n) is 3.45. The van der Waals surface area contributed by atoms with E-state index in [0.29, 0.717) is 10.6 Å². The number of carbonyl (C=O) groups excluding carboxylic acids is 1. The quantitative estimate of drug-likeness (QED) is 0.699. The van der Waals surface area contributed by atoms with Crippen LogP contribution in [0.2, 0.25) is 0 Å². The molecule has 120 valence electrons. The van der Waals surface area contributed by atoms with Gasteiger partial charge in [0.1, 0.15) is 9.71 Å². The Morgan fingerprint density at radius 3 is 3.00 bits per heavy atom. The first kappa shape index (κ1) is 15.4. The summed E-state index contributed by atoms with van der Waals surface area (Å²) in [5.74, 6) is -0.0525. The van der Waals surface area contributed by atoms with Crippen molar-refractivity contribution in [3.63, 3.8) is 0 Å². The van der Waals surface area contributed by atoms with Gasteiger partial charge >= 0.3 is 5.88 Å². The number of nitrogens with zero attached hydrogens (tertiary/aromatic N) is 3. The first-order valence-electron chi connectivity index (χ1n) is 7.40. The van der Waals surface area contributed by atoms with Crippen molar-refractivity contribution in [2.75, 3.05) is 11.1 Å². The van der Waals surface area contributed by atoms with Crippen molar-refractivity contribution in [3.05, 3.63) is 28.9 Å². The van der Waals surface area contributed by atoms with Crippen LogP contribution < -0.4 is 15.7 Å². The van der Waals surface area contributed by atoms with E-state index >= 15 is 0 Å². The summed E-state index contributed by atoms with van der Waals surface area (Å²) in [7, 11) is 1.70. The zero-order valence-corrected chi connectivity index (χ0v) is 13.8. The lowest BCUT2D eigenvalue weighted by Gasteiger charge is -1.99. The van der Waals surface area contributed by atoms with Gasteiger partial charge in [0.2, 0.25) is 0 Å². The molecule has 7 nitrogen and oxygen atoms in total. The van der Waals surface area contributed by atoms with Gasteiger partial charge in [0, 0.05) is 11.1 Å². The predicted molar refractivity (Wildman–Crippen MR) is 88.3 cm³/mol. The van der Waals surface area contributed by atoms with Crippen molar-refractivity contribution < 1.29 is 14.0 Å². The zero-order valence-electron chi connectivity index (χ0n) is 13.0. The van der Waals surface area contributed by atoms with Crippen LogP contribution in [-0.2, 0) is 13.5 Å². The molecule has 0 aliphatic heterocycles. The van der Waals surface area contributed by atoms with Gasteiger partial charge in [-0.25, -0.2) is 4.98 Å². The van der Waals surface area contributed by atoms with Crippen molar-refractivity contribution >= 4 is 39.0 Å². The molecular formula is C15H18N5O2S+. The average Bonchev–Trinajstić information content (AvgIpc) is 3.08. The molecule has 0 aliphatic rings. The number of fused-ring (bicyclic) bond motifs is 1. The number of nitrogens with two attached hydrogens (primary N) is 1. The number of anilines is 2. The highest BCUT2D eigenvalue weighted by Gasteiger charge is 2.20. The van der Waals surface area contributed by atoms with Crippen LogP contribution in [0, 0.1) is 0 Å². The number of nitrogen functional groups attached to an aromatic ring is 1. The number of nitrogens with one attached hydrogen (secondary N) is 1. The fourth-order valence-corrected chi connectivity index (χ4v) is 3.26. The Hall–Kier alpha value is -2.48. The summed E-state index contributed by atoms with van der Waals surface area (Å²) in [4.78, 5) is 18.2. The molecule has 3 aromatic heterocycles. The Balaban J connectivity index is 1.88. The predicted octanol–water partition coefficient (Wildman–Crippen LogP) is 2.29. The van der Waals surface area contributed by atoms with Crippen LogP contribution in [0.4, 0.5) is 11.6 Å². The normalized spacial score (nSPS) is 11.0. The summed E-state index contributed by atoms with van der Waals surface area (Å²) in [6.07, 6.45) is 4.71. The summed E-state index contributed by atoms with van der Waals surface area (Å²) in [6.45, 7) is 2.15. The molecule has 3 N–H and O–H groups in total. The molecule has 0 unspecified atom stereocenters. The van der Waals surface area contributed by atoms with Crippen molar-refractivity contribution in [1.29, 1.82) is 0 Å². The summed E-state index contributed by atoms with van der Waals surface area (Å²) >= 11 is 1.29. The molecule has 0 radical (unpaired) electrons. The third-order valence-corrected chi connectivity index (χ3v) is 4.57. The smallest absolute Gasteiger partial charge is 0.302 e. The highest BCUT2D eigenvalue weighted by atomic mass is 32.1. The molecule has 8 heteroatoms. The fourth-order valence-electron chi connectivity index (χ4n) is 2.25. The average molecular weight is 332 g/mol. The molecule has 3 heterocycles.